The van der Waals surface area contributed by atoms with Crippen LogP contribution >= 0.6 is 0 Å². The number of aliphatic hydroxyl groups excluding tert-OH is 2. The van der Waals surface area contributed by atoms with Gasteiger partial charge in [0.05, 0.1) is 0 Å². The lowest BCUT2D eigenvalue weighted by Crippen LogP contribution is -2.29. The first-order valence-electron chi connectivity index (χ1n) is 3.49. The Bertz CT molecular complexity index is 109. The van der Waals surface area contributed by atoms with Crippen molar-refractivity contribution in [2.75, 3.05) is 0 Å². The van der Waals surface area contributed by atoms with Crippen LogP contribution in [0.25, 0.3) is 0 Å². The normalized spacial score (nSPS) is 16.4. The van der Waals surface area contributed by atoms with Gasteiger partial charge in [0.1, 0.15) is 12.2 Å². The third-order valence-corrected chi connectivity index (χ3v) is 1.30. The Morgan fingerprint density at radius 2 is 2.00 bits per heavy atom. The van der Waals surface area contributed by atoms with Gasteiger partial charge in [-0.15, -0.1) is 0 Å². The molecule has 60 valence electrons. The quantitative estimate of drug-likeness (QED) is 0.591. The molecule has 10 heavy (non-hydrogen) atoms. The van der Waals surface area contributed by atoms with E-state index in [9.17, 15) is 4.79 Å². The lowest BCUT2D eigenvalue weighted by Gasteiger charge is -2.08. The minimum absolute atomic E-state index is 0.434. The van der Waals surface area contributed by atoms with Crippen LogP contribution < -0.4 is 0 Å². The van der Waals surface area contributed by atoms with Gasteiger partial charge in [0, 0.05) is 0 Å². The molecule has 0 bridgehead atoms. The van der Waals surface area contributed by atoms with E-state index in [-0.39, 0.29) is 0 Å². The second kappa shape index (κ2) is 4.41. The minimum atomic E-state index is -1.04. The minimum Gasteiger partial charge on any atom is -0.386 e. The van der Waals surface area contributed by atoms with Crippen LogP contribution in [0.1, 0.15) is 26.7 Å². The standard InChI is InChI=1S/C7H14O3/c1-3-4-6(9)7(10)5(2)8/h5-6,8-9H,3-4H2,1-2H3. The van der Waals surface area contributed by atoms with Gasteiger partial charge < -0.3 is 10.2 Å². The van der Waals surface area contributed by atoms with E-state index in [0.717, 1.165) is 6.42 Å². The molecular weight excluding hydrogens is 132 g/mol. The van der Waals surface area contributed by atoms with Crippen molar-refractivity contribution in [1.82, 2.24) is 0 Å². The maximum Gasteiger partial charge on any atom is 0.189 e. The summed E-state index contributed by atoms with van der Waals surface area (Å²) in [4.78, 5) is 10.7. The summed E-state index contributed by atoms with van der Waals surface area (Å²) in [6.45, 7) is 3.24. The van der Waals surface area contributed by atoms with Crippen molar-refractivity contribution >= 4 is 5.78 Å². The summed E-state index contributed by atoms with van der Waals surface area (Å²) in [7, 11) is 0. The first-order valence-corrected chi connectivity index (χ1v) is 3.49. The molecule has 0 rings (SSSR count). The molecule has 0 aliphatic carbocycles. The van der Waals surface area contributed by atoms with Crippen molar-refractivity contribution in [2.45, 2.75) is 38.9 Å². The van der Waals surface area contributed by atoms with Crippen LogP contribution in [0.5, 0.6) is 0 Å². The van der Waals surface area contributed by atoms with Crippen molar-refractivity contribution in [3.63, 3.8) is 0 Å². The fourth-order valence-electron chi connectivity index (χ4n) is 0.694. The Balaban J connectivity index is 3.71. The Morgan fingerprint density at radius 3 is 2.30 bits per heavy atom. The second-order valence-corrected chi connectivity index (χ2v) is 2.38. The predicted octanol–water partition coefficient (Wildman–Crippen LogP) is 0.0973. The SMILES string of the molecule is CCCC(O)C(=O)C(C)O. The van der Waals surface area contributed by atoms with Crippen LogP contribution in [-0.4, -0.2) is 28.2 Å². The van der Waals surface area contributed by atoms with Gasteiger partial charge in [0.15, 0.2) is 5.78 Å². The number of rotatable bonds is 4. The van der Waals surface area contributed by atoms with E-state index >= 15 is 0 Å². The Kier molecular flexibility index (Phi) is 4.23. The van der Waals surface area contributed by atoms with Gasteiger partial charge in [-0.3, -0.25) is 4.79 Å². The molecule has 3 heteroatoms. The largest absolute Gasteiger partial charge is 0.386 e. The van der Waals surface area contributed by atoms with Gasteiger partial charge in [0.25, 0.3) is 0 Å². The first kappa shape index (κ1) is 9.59. The lowest BCUT2D eigenvalue weighted by molar-refractivity contribution is -0.135. The zero-order chi connectivity index (χ0) is 8.15. The topological polar surface area (TPSA) is 57.5 Å². The molecule has 0 amide bonds. The molecule has 0 saturated heterocycles. The molecule has 0 aliphatic rings. The number of carbonyl (C=O) groups is 1. The van der Waals surface area contributed by atoms with Crippen molar-refractivity contribution in [3.05, 3.63) is 0 Å². The molecule has 0 spiro atoms. The zero-order valence-electron chi connectivity index (χ0n) is 6.37. The maximum absolute atomic E-state index is 10.7. The maximum atomic E-state index is 10.7. The van der Waals surface area contributed by atoms with Crippen LogP contribution in [-0.2, 0) is 4.79 Å². The fraction of sp³-hybridized carbons (Fsp3) is 0.857. The molecule has 0 saturated carbocycles. The third-order valence-electron chi connectivity index (χ3n) is 1.30. The highest BCUT2D eigenvalue weighted by Crippen LogP contribution is 1.99. The highest BCUT2D eigenvalue weighted by atomic mass is 16.3. The van der Waals surface area contributed by atoms with Crippen molar-refractivity contribution in [3.8, 4) is 0 Å². The summed E-state index contributed by atoms with van der Waals surface area (Å²) in [5.74, 6) is -0.484. The number of carbonyl (C=O) groups excluding carboxylic acids is 1. The number of hydrogen-bond donors (Lipinski definition) is 2. The van der Waals surface area contributed by atoms with E-state index in [1.807, 2.05) is 6.92 Å². The van der Waals surface area contributed by atoms with Crippen LogP contribution in [0.3, 0.4) is 0 Å². The molecule has 0 aromatic carbocycles. The molecule has 0 fully saturated rings. The van der Waals surface area contributed by atoms with E-state index in [1.165, 1.54) is 6.92 Å². The Morgan fingerprint density at radius 1 is 1.50 bits per heavy atom. The number of Topliss-reactive ketones (excluding diaryl/α,β-unsaturated/α-hetero) is 1. The molecular formula is C7H14O3. The smallest absolute Gasteiger partial charge is 0.189 e. The summed E-state index contributed by atoms with van der Waals surface area (Å²) in [6.07, 6.45) is -0.838. The van der Waals surface area contributed by atoms with Crippen LogP contribution in [0, 0.1) is 0 Å². The van der Waals surface area contributed by atoms with Crippen molar-refractivity contribution in [2.24, 2.45) is 0 Å². The predicted molar refractivity (Wildman–Crippen MR) is 37.6 cm³/mol. The van der Waals surface area contributed by atoms with Crippen LogP contribution in [0.15, 0.2) is 0 Å². The summed E-state index contributed by atoms with van der Waals surface area (Å²) in [6, 6.07) is 0. The average Bonchev–Trinajstić information content (AvgIpc) is 1.87. The van der Waals surface area contributed by atoms with E-state index in [2.05, 4.69) is 0 Å². The molecule has 0 radical (unpaired) electrons. The highest BCUT2D eigenvalue weighted by Gasteiger charge is 2.17. The van der Waals surface area contributed by atoms with Gasteiger partial charge in [-0.25, -0.2) is 0 Å². The molecule has 0 heterocycles. The second-order valence-electron chi connectivity index (χ2n) is 2.38. The summed E-state index contributed by atoms with van der Waals surface area (Å²) in [5.41, 5.74) is 0. The lowest BCUT2D eigenvalue weighted by atomic mass is 10.1. The first-order chi connectivity index (χ1) is 4.59. The number of hydrogen-bond acceptors (Lipinski definition) is 3. The summed E-state index contributed by atoms with van der Waals surface area (Å²) >= 11 is 0. The van der Waals surface area contributed by atoms with Gasteiger partial charge in [-0.05, 0) is 13.3 Å². The van der Waals surface area contributed by atoms with E-state index in [4.69, 9.17) is 10.2 Å². The molecule has 0 aromatic heterocycles. The van der Waals surface area contributed by atoms with Crippen molar-refractivity contribution in [1.29, 1.82) is 0 Å². The van der Waals surface area contributed by atoms with Crippen LogP contribution in [0.2, 0.25) is 0 Å². The highest BCUT2D eigenvalue weighted by molar-refractivity contribution is 5.86. The van der Waals surface area contributed by atoms with Gasteiger partial charge >= 0.3 is 0 Å². The fourth-order valence-corrected chi connectivity index (χ4v) is 0.694. The molecule has 0 aromatic rings. The summed E-state index contributed by atoms with van der Waals surface area (Å²) < 4.78 is 0. The third kappa shape index (κ3) is 2.94. The Labute approximate surface area is 60.7 Å². The van der Waals surface area contributed by atoms with E-state index in [0.29, 0.717) is 6.42 Å². The zero-order valence-corrected chi connectivity index (χ0v) is 6.37. The molecule has 2 N–H and O–H groups in total. The Hall–Kier alpha value is -0.410. The molecule has 3 nitrogen and oxygen atoms in total. The average molecular weight is 146 g/mol. The van der Waals surface area contributed by atoms with E-state index < -0.39 is 18.0 Å². The van der Waals surface area contributed by atoms with Crippen molar-refractivity contribution < 1.29 is 15.0 Å². The monoisotopic (exact) mass is 146 g/mol. The number of aliphatic hydroxyl groups is 2. The van der Waals surface area contributed by atoms with Gasteiger partial charge in [-0.2, -0.15) is 0 Å². The summed E-state index contributed by atoms with van der Waals surface area (Å²) in [5, 5.41) is 17.7. The van der Waals surface area contributed by atoms with Gasteiger partial charge in [0.2, 0.25) is 0 Å². The number of ketones is 1. The molecule has 2 unspecified atom stereocenters. The van der Waals surface area contributed by atoms with Crippen LogP contribution in [0.4, 0.5) is 0 Å². The molecule has 0 aliphatic heterocycles. The van der Waals surface area contributed by atoms with Gasteiger partial charge in [-0.1, -0.05) is 13.3 Å². The molecule has 2 atom stereocenters. The van der Waals surface area contributed by atoms with E-state index in [1.54, 1.807) is 0 Å².